The molecule has 2 aliphatic rings. The van der Waals surface area contributed by atoms with Crippen LogP contribution in [0.25, 0.3) is 0 Å². The largest absolute Gasteiger partial charge is 0.466 e. The Morgan fingerprint density at radius 2 is 1.82 bits per heavy atom. The van der Waals surface area contributed by atoms with E-state index < -0.39 is 0 Å². The van der Waals surface area contributed by atoms with E-state index in [9.17, 15) is 4.79 Å². The molecule has 1 saturated heterocycles. The van der Waals surface area contributed by atoms with Crippen molar-refractivity contribution in [2.75, 3.05) is 19.7 Å². The topological polar surface area (TPSA) is 29.5 Å². The Hall–Kier alpha value is -0.570. The maximum absolute atomic E-state index is 11.4. The molecule has 2 rings (SSSR count). The number of piperidine rings is 1. The maximum Gasteiger partial charge on any atom is 0.306 e. The van der Waals surface area contributed by atoms with Gasteiger partial charge in [0, 0.05) is 12.5 Å². The van der Waals surface area contributed by atoms with Crippen LogP contribution >= 0.6 is 0 Å². The van der Waals surface area contributed by atoms with Crippen molar-refractivity contribution in [3.05, 3.63) is 0 Å². The van der Waals surface area contributed by atoms with Gasteiger partial charge in [-0.1, -0.05) is 12.8 Å². The summed E-state index contributed by atoms with van der Waals surface area (Å²) < 4.78 is 5.02. The summed E-state index contributed by atoms with van der Waals surface area (Å²) in [6, 6.07) is 0.846. The molecule has 0 spiro atoms. The van der Waals surface area contributed by atoms with Gasteiger partial charge in [0.25, 0.3) is 0 Å². The van der Waals surface area contributed by atoms with E-state index in [1.165, 1.54) is 51.6 Å². The number of rotatable bonds is 4. The zero-order valence-electron chi connectivity index (χ0n) is 11.0. The second-order valence-electron chi connectivity index (χ2n) is 5.43. The minimum Gasteiger partial charge on any atom is -0.466 e. The van der Waals surface area contributed by atoms with Gasteiger partial charge in [0.05, 0.1) is 6.61 Å². The number of likely N-dealkylation sites (tertiary alicyclic amines) is 1. The first-order chi connectivity index (χ1) is 8.29. The van der Waals surface area contributed by atoms with Gasteiger partial charge in [-0.2, -0.15) is 0 Å². The van der Waals surface area contributed by atoms with Crippen LogP contribution in [0.1, 0.15) is 51.9 Å². The zero-order chi connectivity index (χ0) is 12.1. The summed E-state index contributed by atoms with van der Waals surface area (Å²) in [6.07, 6.45) is 8.59. The van der Waals surface area contributed by atoms with Crippen LogP contribution in [0.5, 0.6) is 0 Å². The molecule has 0 bridgehead atoms. The van der Waals surface area contributed by atoms with E-state index in [2.05, 4.69) is 4.90 Å². The van der Waals surface area contributed by atoms with Crippen LogP contribution in [-0.2, 0) is 9.53 Å². The number of ether oxygens (including phenoxy) is 1. The van der Waals surface area contributed by atoms with Gasteiger partial charge in [-0.25, -0.2) is 0 Å². The van der Waals surface area contributed by atoms with Crippen LogP contribution in [0, 0.1) is 5.92 Å². The van der Waals surface area contributed by atoms with Crippen LogP contribution in [0.3, 0.4) is 0 Å². The monoisotopic (exact) mass is 239 g/mol. The van der Waals surface area contributed by atoms with Gasteiger partial charge < -0.3 is 9.64 Å². The van der Waals surface area contributed by atoms with Crippen LogP contribution in [0.15, 0.2) is 0 Å². The van der Waals surface area contributed by atoms with E-state index in [-0.39, 0.29) is 5.97 Å². The van der Waals surface area contributed by atoms with Crippen LogP contribution in [0.4, 0.5) is 0 Å². The fraction of sp³-hybridized carbons (Fsp3) is 0.929. The van der Waals surface area contributed by atoms with Crippen LogP contribution in [0.2, 0.25) is 0 Å². The van der Waals surface area contributed by atoms with E-state index in [1.807, 2.05) is 6.92 Å². The van der Waals surface area contributed by atoms with Gasteiger partial charge in [0.15, 0.2) is 0 Å². The third kappa shape index (κ3) is 3.70. The molecule has 1 aliphatic heterocycles. The molecule has 98 valence electrons. The van der Waals surface area contributed by atoms with Gasteiger partial charge in [-0.05, 0) is 51.6 Å². The summed E-state index contributed by atoms with van der Waals surface area (Å²) in [6.45, 7) is 4.77. The summed E-state index contributed by atoms with van der Waals surface area (Å²) in [4.78, 5) is 14.1. The SMILES string of the molecule is CCOC(=O)CC1CCN(C2CCCC2)CC1. The van der Waals surface area contributed by atoms with E-state index in [4.69, 9.17) is 4.74 Å². The Bertz CT molecular complexity index is 241. The predicted octanol–water partition coefficient (Wildman–Crippen LogP) is 2.59. The van der Waals surface area contributed by atoms with E-state index in [1.54, 1.807) is 0 Å². The molecule has 0 atom stereocenters. The van der Waals surface area contributed by atoms with E-state index >= 15 is 0 Å². The van der Waals surface area contributed by atoms with Gasteiger partial charge in [-0.3, -0.25) is 4.79 Å². The number of nitrogens with zero attached hydrogens (tertiary/aromatic N) is 1. The lowest BCUT2D eigenvalue weighted by molar-refractivity contribution is -0.144. The van der Waals surface area contributed by atoms with Gasteiger partial charge in [0.2, 0.25) is 0 Å². The molecule has 1 saturated carbocycles. The first-order valence-corrected chi connectivity index (χ1v) is 7.19. The molecule has 0 radical (unpaired) electrons. The maximum atomic E-state index is 11.4. The molecule has 3 heteroatoms. The number of carbonyl (C=O) groups is 1. The summed E-state index contributed by atoms with van der Waals surface area (Å²) in [5.41, 5.74) is 0. The summed E-state index contributed by atoms with van der Waals surface area (Å²) in [5, 5.41) is 0. The molecule has 0 aromatic rings. The molecule has 0 amide bonds. The minimum atomic E-state index is -0.00758. The lowest BCUT2D eigenvalue weighted by Crippen LogP contribution is -2.40. The van der Waals surface area contributed by atoms with Crippen LogP contribution in [-0.4, -0.2) is 36.6 Å². The smallest absolute Gasteiger partial charge is 0.306 e. The standard InChI is InChI=1S/C14H25NO2/c1-2-17-14(16)11-12-7-9-15(10-8-12)13-5-3-4-6-13/h12-13H,2-11H2,1H3. The Morgan fingerprint density at radius 1 is 1.18 bits per heavy atom. The van der Waals surface area contributed by atoms with Crippen molar-refractivity contribution >= 4 is 5.97 Å². The highest BCUT2D eigenvalue weighted by Gasteiger charge is 2.27. The number of carbonyl (C=O) groups excluding carboxylic acids is 1. The molecule has 3 nitrogen and oxygen atoms in total. The summed E-state index contributed by atoms with van der Waals surface area (Å²) in [5.74, 6) is 0.554. The Kier molecular flexibility index (Phi) is 4.84. The highest BCUT2D eigenvalue weighted by Crippen LogP contribution is 2.28. The third-order valence-electron chi connectivity index (χ3n) is 4.25. The van der Waals surface area contributed by atoms with Crippen LogP contribution < -0.4 is 0 Å². The lowest BCUT2D eigenvalue weighted by atomic mass is 9.92. The number of esters is 1. The first kappa shape index (κ1) is 12.9. The molecule has 17 heavy (non-hydrogen) atoms. The van der Waals surface area contributed by atoms with Crippen molar-refractivity contribution in [1.29, 1.82) is 0 Å². The quantitative estimate of drug-likeness (QED) is 0.706. The molecule has 0 unspecified atom stereocenters. The average Bonchev–Trinajstić information content (AvgIpc) is 2.84. The van der Waals surface area contributed by atoms with Crippen molar-refractivity contribution < 1.29 is 9.53 Å². The third-order valence-corrected chi connectivity index (χ3v) is 4.25. The predicted molar refractivity (Wildman–Crippen MR) is 67.8 cm³/mol. The molecule has 0 aromatic heterocycles. The van der Waals surface area contributed by atoms with E-state index in [0.29, 0.717) is 18.9 Å². The lowest BCUT2D eigenvalue weighted by Gasteiger charge is -2.35. The second kappa shape index (κ2) is 6.39. The van der Waals surface area contributed by atoms with Gasteiger partial charge >= 0.3 is 5.97 Å². The van der Waals surface area contributed by atoms with Gasteiger partial charge in [-0.15, -0.1) is 0 Å². The minimum absolute atomic E-state index is 0.00758. The Balaban J connectivity index is 1.68. The van der Waals surface area contributed by atoms with Crippen molar-refractivity contribution in [2.45, 2.75) is 57.9 Å². The Labute approximate surface area is 105 Å². The first-order valence-electron chi connectivity index (χ1n) is 7.19. The Morgan fingerprint density at radius 3 is 2.41 bits per heavy atom. The molecule has 1 aliphatic carbocycles. The average molecular weight is 239 g/mol. The molecule has 0 aromatic carbocycles. The van der Waals surface area contributed by atoms with Crippen molar-refractivity contribution in [3.8, 4) is 0 Å². The molecule has 0 N–H and O–H groups in total. The molecular formula is C14H25NO2. The number of hydrogen-bond donors (Lipinski definition) is 0. The summed E-state index contributed by atoms with van der Waals surface area (Å²) in [7, 11) is 0. The fourth-order valence-corrected chi connectivity index (χ4v) is 3.25. The van der Waals surface area contributed by atoms with Crippen molar-refractivity contribution in [2.24, 2.45) is 5.92 Å². The molecule has 1 heterocycles. The number of hydrogen-bond acceptors (Lipinski definition) is 3. The van der Waals surface area contributed by atoms with Crippen molar-refractivity contribution in [1.82, 2.24) is 4.90 Å². The van der Waals surface area contributed by atoms with Gasteiger partial charge in [0.1, 0.15) is 0 Å². The molecular weight excluding hydrogens is 214 g/mol. The van der Waals surface area contributed by atoms with E-state index in [0.717, 1.165) is 6.04 Å². The second-order valence-corrected chi connectivity index (χ2v) is 5.43. The zero-order valence-corrected chi connectivity index (χ0v) is 11.0. The molecule has 2 fully saturated rings. The normalized spacial score (nSPS) is 24.1. The summed E-state index contributed by atoms with van der Waals surface area (Å²) >= 11 is 0. The highest BCUT2D eigenvalue weighted by atomic mass is 16.5. The van der Waals surface area contributed by atoms with Crippen molar-refractivity contribution in [3.63, 3.8) is 0 Å². The highest BCUT2D eigenvalue weighted by molar-refractivity contribution is 5.69. The fourth-order valence-electron chi connectivity index (χ4n) is 3.25.